The van der Waals surface area contributed by atoms with Gasteiger partial charge in [0.15, 0.2) is 0 Å². The summed E-state index contributed by atoms with van der Waals surface area (Å²) in [5.41, 5.74) is 5.01. The molecule has 0 fully saturated rings. The number of rotatable bonds is 4. The predicted molar refractivity (Wildman–Crippen MR) is 120 cm³/mol. The Balaban J connectivity index is 1.51. The van der Waals surface area contributed by atoms with E-state index in [1.807, 2.05) is 42.5 Å². The predicted octanol–water partition coefficient (Wildman–Crippen LogP) is 7.87. The largest absolute Gasteiger partial charge is 0.338 e. The molecular weight excluding hydrogens is 411 g/mol. The minimum atomic E-state index is 0.586. The molecule has 4 aromatic rings. The number of aromatic nitrogens is 2. The van der Waals surface area contributed by atoms with Crippen LogP contribution in [0.2, 0.25) is 15.1 Å². The van der Waals surface area contributed by atoms with Gasteiger partial charge in [0.1, 0.15) is 5.82 Å². The molecule has 138 valence electrons. The maximum absolute atomic E-state index is 6.26. The summed E-state index contributed by atoms with van der Waals surface area (Å²) in [6, 6.07) is 21.5. The quantitative estimate of drug-likeness (QED) is 0.354. The Bertz CT molecular complexity index is 1140. The number of hydrogen-bond donors (Lipinski definition) is 1. The Morgan fingerprint density at radius 1 is 0.750 bits per heavy atom. The summed E-state index contributed by atoms with van der Waals surface area (Å²) in [6.45, 7) is 0. The fourth-order valence-electron chi connectivity index (χ4n) is 2.90. The highest BCUT2D eigenvalue weighted by atomic mass is 35.5. The summed E-state index contributed by atoms with van der Waals surface area (Å²) >= 11 is 18.3. The fourth-order valence-corrected chi connectivity index (χ4v) is 3.60. The third-order valence-corrected chi connectivity index (χ3v) is 5.10. The summed E-state index contributed by atoms with van der Waals surface area (Å²) in [5, 5.41) is 1.92. The molecule has 0 aliphatic heterocycles. The standard InChI is InChI=1S/C23H15Cl3N2/c24-18-3-1-2-17(12-18)16-7-4-15(5-8-16)6-11-23-27-14-22(28-23)20-10-9-19(25)13-21(20)26/h1-14H,(H,27,28)/b11-6+. The molecule has 1 heterocycles. The van der Waals surface area contributed by atoms with E-state index in [1.54, 1.807) is 18.3 Å². The van der Waals surface area contributed by atoms with E-state index < -0.39 is 0 Å². The van der Waals surface area contributed by atoms with Gasteiger partial charge in [0.25, 0.3) is 0 Å². The van der Waals surface area contributed by atoms with Crippen LogP contribution >= 0.6 is 34.8 Å². The zero-order valence-electron chi connectivity index (χ0n) is 14.7. The van der Waals surface area contributed by atoms with Gasteiger partial charge in [-0.05, 0) is 53.1 Å². The van der Waals surface area contributed by atoms with Crippen LogP contribution in [-0.4, -0.2) is 9.97 Å². The van der Waals surface area contributed by atoms with Crippen molar-refractivity contribution in [3.8, 4) is 22.4 Å². The number of aromatic amines is 1. The van der Waals surface area contributed by atoms with Gasteiger partial charge in [-0.1, -0.05) is 77.3 Å². The number of H-pyrrole nitrogens is 1. The Labute approximate surface area is 178 Å². The van der Waals surface area contributed by atoms with E-state index in [4.69, 9.17) is 34.8 Å². The van der Waals surface area contributed by atoms with Gasteiger partial charge < -0.3 is 4.98 Å². The third kappa shape index (κ3) is 4.31. The molecular formula is C23H15Cl3N2. The van der Waals surface area contributed by atoms with Crippen LogP contribution in [0, 0.1) is 0 Å². The lowest BCUT2D eigenvalue weighted by Gasteiger charge is -2.03. The summed E-state index contributed by atoms with van der Waals surface area (Å²) in [5.74, 6) is 0.750. The topological polar surface area (TPSA) is 28.7 Å². The van der Waals surface area contributed by atoms with E-state index in [2.05, 4.69) is 34.2 Å². The smallest absolute Gasteiger partial charge is 0.130 e. The number of halogens is 3. The van der Waals surface area contributed by atoms with Crippen molar-refractivity contribution in [1.29, 1.82) is 0 Å². The normalized spacial score (nSPS) is 11.2. The van der Waals surface area contributed by atoms with Crippen LogP contribution in [0.1, 0.15) is 11.4 Å². The molecule has 0 unspecified atom stereocenters. The zero-order valence-corrected chi connectivity index (χ0v) is 16.9. The Morgan fingerprint density at radius 3 is 2.29 bits per heavy atom. The molecule has 4 rings (SSSR count). The first-order chi connectivity index (χ1) is 13.6. The van der Waals surface area contributed by atoms with Gasteiger partial charge in [-0.3, -0.25) is 0 Å². The average Bonchev–Trinajstić information content (AvgIpc) is 3.15. The van der Waals surface area contributed by atoms with E-state index in [-0.39, 0.29) is 0 Å². The highest BCUT2D eigenvalue weighted by Gasteiger charge is 2.07. The third-order valence-electron chi connectivity index (χ3n) is 4.32. The number of benzene rings is 3. The zero-order chi connectivity index (χ0) is 19.5. The SMILES string of the molecule is Clc1cccc(-c2ccc(/C=C/c3ncc(-c4ccc(Cl)cc4Cl)[nH]3)cc2)c1. The molecule has 0 radical (unpaired) electrons. The van der Waals surface area contributed by atoms with Crippen LogP contribution < -0.4 is 0 Å². The lowest BCUT2D eigenvalue weighted by Crippen LogP contribution is -1.81. The van der Waals surface area contributed by atoms with Gasteiger partial charge >= 0.3 is 0 Å². The Morgan fingerprint density at radius 2 is 1.54 bits per heavy atom. The molecule has 0 spiro atoms. The monoisotopic (exact) mass is 424 g/mol. The first-order valence-corrected chi connectivity index (χ1v) is 9.76. The summed E-state index contributed by atoms with van der Waals surface area (Å²) in [6.07, 6.45) is 5.70. The summed E-state index contributed by atoms with van der Waals surface area (Å²) in [7, 11) is 0. The van der Waals surface area contributed by atoms with E-state index in [0.717, 1.165) is 38.8 Å². The van der Waals surface area contributed by atoms with Crippen LogP contribution in [0.15, 0.2) is 72.9 Å². The molecule has 0 bridgehead atoms. The van der Waals surface area contributed by atoms with Crippen molar-refractivity contribution in [3.63, 3.8) is 0 Å². The minimum Gasteiger partial charge on any atom is -0.338 e. The van der Waals surface area contributed by atoms with Crippen LogP contribution in [0.4, 0.5) is 0 Å². The highest BCUT2D eigenvalue weighted by molar-refractivity contribution is 6.36. The molecule has 28 heavy (non-hydrogen) atoms. The van der Waals surface area contributed by atoms with Gasteiger partial charge in [0.2, 0.25) is 0 Å². The molecule has 0 aliphatic carbocycles. The van der Waals surface area contributed by atoms with Crippen molar-refractivity contribution in [2.75, 3.05) is 0 Å². The van der Waals surface area contributed by atoms with E-state index in [9.17, 15) is 0 Å². The van der Waals surface area contributed by atoms with Crippen LogP contribution in [0.5, 0.6) is 0 Å². The van der Waals surface area contributed by atoms with E-state index in [0.29, 0.717) is 10.0 Å². The van der Waals surface area contributed by atoms with Crippen molar-refractivity contribution < 1.29 is 0 Å². The van der Waals surface area contributed by atoms with Crippen molar-refractivity contribution in [1.82, 2.24) is 9.97 Å². The maximum atomic E-state index is 6.26. The molecule has 5 heteroatoms. The molecule has 1 N–H and O–H groups in total. The second-order valence-corrected chi connectivity index (χ2v) is 7.55. The van der Waals surface area contributed by atoms with Gasteiger partial charge in [-0.2, -0.15) is 0 Å². The molecule has 0 atom stereocenters. The summed E-state index contributed by atoms with van der Waals surface area (Å²) < 4.78 is 0. The molecule has 0 saturated heterocycles. The number of imidazole rings is 1. The Kier molecular flexibility index (Phi) is 5.54. The molecule has 0 saturated carbocycles. The van der Waals surface area contributed by atoms with Crippen LogP contribution in [-0.2, 0) is 0 Å². The number of nitrogens with one attached hydrogen (secondary N) is 1. The number of nitrogens with zero attached hydrogens (tertiary/aromatic N) is 1. The van der Waals surface area contributed by atoms with Crippen LogP contribution in [0.3, 0.4) is 0 Å². The van der Waals surface area contributed by atoms with Crippen molar-refractivity contribution >= 4 is 47.0 Å². The summed E-state index contributed by atoms with van der Waals surface area (Å²) in [4.78, 5) is 7.66. The molecule has 1 aromatic heterocycles. The van der Waals surface area contributed by atoms with Crippen LogP contribution in [0.25, 0.3) is 34.5 Å². The first-order valence-electron chi connectivity index (χ1n) is 8.63. The van der Waals surface area contributed by atoms with Crippen molar-refractivity contribution in [2.24, 2.45) is 0 Å². The van der Waals surface area contributed by atoms with Crippen molar-refractivity contribution in [2.45, 2.75) is 0 Å². The molecule has 2 nitrogen and oxygen atoms in total. The van der Waals surface area contributed by atoms with Gasteiger partial charge in [0, 0.05) is 15.6 Å². The van der Waals surface area contributed by atoms with Gasteiger partial charge in [0.05, 0.1) is 16.9 Å². The van der Waals surface area contributed by atoms with Crippen molar-refractivity contribution in [3.05, 3.63) is 99.4 Å². The molecule has 3 aromatic carbocycles. The van der Waals surface area contributed by atoms with E-state index in [1.165, 1.54) is 0 Å². The number of hydrogen-bond acceptors (Lipinski definition) is 1. The maximum Gasteiger partial charge on any atom is 0.130 e. The van der Waals surface area contributed by atoms with Gasteiger partial charge in [-0.25, -0.2) is 4.98 Å². The minimum absolute atomic E-state index is 0.586. The lowest BCUT2D eigenvalue weighted by atomic mass is 10.0. The second kappa shape index (κ2) is 8.24. The second-order valence-electron chi connectivity index (χ2n) is 6.27. The Hall–Kier alpha value is -2.52. The van der Waals surface area contributed by atoms with E-state index >= 15 is 0 Å². The molecule has 0 amide bonds. The van der Waals surface area contributed by atoms with Gasteiger partial charge in [-0.15, -0.1) is 0 Å². The average molecular weight is 426 g/mol. The molecule has 0 aliphatic rings. The first kappa shape index (κ1) is 18.8. The lowest BCUT2D eigenvalue weighted by molar-refractivity contribution is 1.27. The fraction of sp³-hybridized carbons (Fsp3) is 0. The highest BCUT2D eigenvalue weighted by Crippen LogP contribution is 2.29.